The van der Waals surface area contributed by atoms with Gasteiger partial charge in [-0.25, -0.2) is 0 Å². The Bertz CT molecular complexity index is 767. The van der Waals surface area contributed by atoms with Crippen molar-refractivity contribution in [2.45, 2.75) is 51.2 Å². The molecule has 3 rings (SSSR count). The summed E-state index contributed by atoms with van der Waals surface area (Å²) in [4.78, 5) is 12.1. The summed E-state index contributed by atoms with van der Waals surface area (Å²) in [5, 5.41) is 12.6. The summed E-state index contributed by atoms with van der Waals surface area (Å²) in [5.74, 6) is 1.91. The molecule has 0 saturated carbocycles. The molecule has 25 heavy (non-hydrogen) atoms. The number of thioether (sulfide) groups is 1. The number of hydrogen-bond donors (Lipinski definition) is 1. The summed E-state index contributed by atoms with van der Waals surface area (Å²) in [6.07, 6.45) is 1.93. The van der Waals surface area contributed by atoms with Crippen molar-refractivity contribution in [2.75, 3.05) is 12.3 Å². The first-order valence-electron chi connectivity index (χ1n) is 8.82. The third-order valence-electron chi connectivity index (χ3n) is 4.50. The van der Waals surface area contributed by atoms with Gasteiger partial charge in [0.1, 0.15) is 0 Å². The van der Waals surface area contributed by atoms with Crippen LogP contribution in [0.15, 0.2) is 29.4 Å². The van der Waals surface area contributed by atoms with Crippen LogP contribution in [0.3, 0.4) is 0 Å². The van der Waals surface area contributed by atoms with Crippen LogP contribution in [0.2, 0.25) is 0 Å². The van der Waals surface area contributed by atoms with E-state index in [2.05, 4.69) is 66.0 Å². The smallest absolute Gasteiger partial charge is 0.230 e. The van der Waals surface area contributed by atoms with E-state index in [9.17, 15) is 4.79 Å². The van der Waals surface area contributed by atoms with Crippen LogP contribution in [-0.4, -0.2) is 33.0 Å². The number of nitrogens with one attached hydrogen (secondary N) is 1. The van der Waals surface area contributed by atoms with Gasteiger partial charge in [0.2, 0.25) is 5.91 Å². The highest BCUT2D eigenvalue weighted by Gasteiger charge is 2.34. The molecule has 0 unspecified atom stereocenters. The van der Waals surface area contributed by atoms with Crippen molar-refractivity contribution in [3.8, 4) is 11.4 Å². The van der Waals surface area contributed by atoms with Gasteiger partial charge >= 0.3 is 0 Å². The van der Waals surface area contributed by atoms with E-state index in [1.54, 1.807) is 0 Å². The summed E-state index contributed by atoms with van der Waals surface area (Å²) in [7, 11) is 0. The number of carbonyl (C=O) groups excluding carboxylic acids is 1. The molecule has 1 aliphatic heterocycles. The van der Waals surface area contributed by atoms with E-state index in [0.29, 0.717) is 11.7 Å². The molecule has 0 saturated heterocycles. The monoisotopic (exact) mass is 358 g/mol. The summed E-state index contributed by atoms with van der Waals surface area (Å²) in [6.45, 7) is 9.44. The van der Waals surface area contributed by atoms with E-state index < -0.39 is 0 Å². The zero-order chi connectivity index (χ0) is 18.0. The maximum absolute atomic E-state index is 12.1. The predicted molar refractivity (Wildman–Crippen MR) is 102 cm³/mol. The largest absolute Gasteiger partial charge is 0.355 e. The minimum atomic E-state index is -0.108. The van der Waals surface area contributed by atoms with Crippen molar-refractivity contribution >= 4 is 17.7 Å². The van der Waals surface area contributed by atoms with Gasteiger partial charge in [0.25, 0.3) is 0 Å². The highest BCUT2D eigenvalue weighted by atomic mass is 32.2. The van der Waals surface area contributed by atoms with Gasteiger partial charge < -0.3 is 5.32 Å². The van der Waals surface area contributed by atoms with Crippen LogP contribution >= 0.6 is 11.8 Å². The SMILES string of the molecule is CC(C)CCNC(=O)CSc1nnc2n1C(C)(C)Cc1ccccc1-2. The van der Waals surface area contributed by atoms with Crippen LogP contribution in [0.25, 0.3) is 11.4 Å². The highest BCUT2D eigenvalue weighted by Crippen LogP contribution is 2.39. The Morgan fingerprint density at radius 1 is 1.32 bits per heavy atom. The van der Waals surface area contributed by atoms with Crippen LogP contribution in [-0.2, 0) is 16.8 Å². The second-order valence-corrected chi connectivity index (χ2v) is 8.55. The Hall–Kier alpha value is -1.82. The molecule has 0 fully saturated rings. The van der Waals surface area contributed by atoms with Gasteiger partial charge in [-0.2, -0.15) is 0 Å². The molecule has 5 nitrogen and oxygen atoms in total. The van der Waals surface area contributed by atoms with E-state index in [0.717, 1.165) is 35.9 Å². The molecule has 0 atom stereocenters. The van der Waals surface area contributed by atoms with E-state index in [1.807, 2.05) is 6.07 Å². The van der Waals surface area contributed by atoms with E-state index in [-0.39, 0.29) is 11.4 Å². The third kappa shape index (κ3) is 3.89. The van der Waals surface area contributed by atoms with Crippen LogP contribution in [0.1, 0.15) is 39.7 Å². The van der Waals surface area contributed by atoms with Gasteiger partial charge in [0.15, 0.2) is 11.0 Å². The normalized spacial score (nSPS) is 14.9. The molecular formula is C19H26N4OS. The molecule has 0 bridgehead atoms. The second kappa shape index (κ2) is 7.20. The molecule has 1 amide bonds. The van der Waals surface area contributed by atoms with Crippen LogP contribution in [0.5, 0.6) is 0 Å². The lowest BCUT2D eigenvalue weighted by molar-refractivity contribution is -0.118. The van der Waals surface area contributed by atoms with E-state index >= 15 is 0 Å². The number of amides is 1. The second-order valence-electron chi connectivity index (χ2n) is 7.61. The van der Waals surface area contributed by atoms with Crippen LogP contribution in [0.4, 0.5) is 0 Å². The van der Waals surface area contributed by atoms with Crippen molar-refractivity contribution in [3.05, 3.63) is 29.8 Å². The first-order chi connectivity index (χ1) is 11.9. The Labute approximate surface area is 153 Å². The molecule has 2 aromatic rings. The molecule has 134 valence electrons. The zero-order valence-corrected chi connectivity index (χ0v) is 16.2. The molecule has 2 heterocycles. The maximum atomic E-state index is 12.1. The van der Waals surface area contributed by atoms with Gasteiger partial charge in [-0.05, 0) is 38.2 Å². The minimum Gasteiger partial charge on any atom is -0.355 e. The number of nitrogens with zero attached hydrogens (tertiary/aromatic N) is 3. The molecule has 1 N–H and O–H groups in total. The first kappa shape index (κ1) is 18.0. The average Bonchev–Trinajstić information content (AvgIpc) is 2.98. The number of aromatic nitrogens is 3. The Kier molecular flexibility index (Phi) is 5.18. The average molecular weight is 359 g/mol. The number of carbonyl (C=O) groups is 1. The quantitative estimate of drug-likeness (QED) is 0.803. The molecule has 1 aliphatic rings. The fourth-order valence-electron chi connectivity index (χ4n) is 3.20. The van der Waals surface area contributed by atoms with E-state index in [1.165, 1.54) is 17.3 Å². The molecular weight excluding hydrogens is 332 g/mol. The summed E-state index contributed by atoms with van der Waals surface area (Å²) < 4.78 is 2.18. The molecule has 1 aromatic carbocycles. The zero-order valence-electron chi connectivity index (χ0n) is 15.4. The third-order valence-corrected chi connectivity index (χ3v) is 5.43. The van der Waals surface area contributed by atoms with Gasteiger partial charge in [-0.1, -0.05) is 49.9 Å². The number of rotatable bonds is 6. The number of benzene rings is 1. The lowest BCUT2D eigenvalue weighted by Crippen LogP contribution is -2.34. The van der Waals surface area contributed by atoms with Gasteiger partial charge in [-0.3, -0.25) is 9.36 Å². The van der Waals surface area contributed by atoms with Crippen molar-refractivity contribution in [2.24, 2.45) is 5.92 Å². The summed E-state index contributed by atoms with van der Waals surface area (Å²) in [6, 6.07) is 8.35. The van der Waals surface area contributed by atoms with Crippen molar-refractivity contribution in [1.29, 1.82) is 0 Å². The fraction of sp³-hybridized carbons (Fsp3) is 0.526. The van der Waals surface area contributed by atoms with Crippen molar-refractivity contribution < 1.29 is 4.79 Å². The van der Waals surface area contributed by atoms with Crippen molar-refractivity contribution in [3.63, 3.8) is 0 Å². The van der Waals surface area contributed by atoms with Gasteiger partial charge in [-0.15, -0.1) is 10.2 Å². The number of hydrogen-bond acceptors (Lipinski definition) is 4. The molecule has 0 aliphatic carbocycles. The molecule has 1 aromatic heterocycles. The molecule has 6 heteroatoms. The van der Waals surface area contributed by atoms with Gasteiger partial charge in [0.05, 0.1) is 5.75 Å². The standard InChI is InChI=1S/C19H26N4OS/c1-13(2)9-10-20-16(24)12-25-18-22-21-17-15-8-6-5-7-14(15)11-19(3,4)23(17)18/h5-8,13H,9-12H2,1-4H3,(H,20,24). The van der Waals surface area contributed by atoms with E-state index in [4.69, 9.17) is 0 Å². The molecule has 0 radical (unpaired) electrons. The first-order valence-corrected chi connectivity index (χ1v) is 9.81. The Morgan fingerprint density at radius 2 is 2.08 bits per heavy atom. The summed E-state index contributed by atoms with van der Waals surface area (Å²) >= 11 is 1.46. The fourth-order valence-corrected chi connectivity index (χ4v) is 4.13. The minimum absolute atomic E-state index is 0.0528. The Morgan fingerprint density at radius 3 is 2.84 bits per heavy atom. The molecule has 0 spiro atoms. The lowest BCUT2D eigenvalue weighted by atomic mass is 9.87. The topological polar surface area (TPSA) is 59.8 Å². The van der Waals surface area contributed by atoms with Gasteiger partial charge in [0, 0.05) is 17.6 Å². The number of fused-ring (bicyclic) bond motifs is 3. The highest BCUT2D eigenvalue weighted by molar-refractivity contribution is 7.99. The van der Waals surface area contributed by atoms with Crippen molar-refractivity contribution in [1.82, 2.24) is 20.1 Å². The predicted octanol–water partition coefficient (Wildman–Crippen LogP) is 3.49. The lowest BCUT2D eigenvalue weighted by Gasteiger charge is -2.34. The Balaban J connectivity index is 1.73. The van der Waals surface area contributed by atoms with Crippen LogP contribution in [0, 0.1) is 5.92 Å². The van der Waals surface area contributed by atoms with Crippen LogP contribution < -0.4 is 5.32 Å². The summed E-state index contributed by atoms with van der Waals surface area (Å²) in [5.41, 5.74) is 2.34. The maximum Gasteiger partial charge on any atom is 0.230 e.